The van der Waals surface area contributed by atoms with Crippen molar-refractivity contribution in [1.29, 1.82) is 0 Å². The normalized spacial score (nSPS) is 11.8. The number of thioether (sulfide) groups is 1. The van der Waals surface area contributed by atoms with Crippen LogP contribution in [0.5, 0.6) is 5.75 Å². The van der Waals surface area contributed by atoms with Crippen molar-refractivity contribution in [3.8, 4) is 5.75 Å². The maximum Gasteiger partial charge on any atom is 0.265 e. The number of carbonyl (C=O) groups excluding carboxylic acids is 1. The number of nitrogens with one attached hydrogen (secondary N) is 1. The van der Waals surface area contributed by atoms with Gasteiger partial charge in [-0.25, -0.2) is 0 Å². The van der Waals surface area contributed by atoms with E-state index in [0.717, 1.165) is 10.6 Å². The Kier molecular flexibility index (Phi) is 6.16. The quantitative estimate of drug-likeness (QED) is 0.766. The van der Waals surface area contributed by atoms with Gasteiger partial charge in [0.15, 0.2) is 6.10 Å². The molecule has 2 aromatic carbocycles. The number of anilines is 1. The fourth-order valence-corrected chi connectivity index (χ4v) is 2.64. The van der Waals surface area contributed by atoms with Crippen molar-refractivity contribution in [2.45, 2.75) is 24.3 Å². The van der Waals surface area contributed by atoms with Crippen LogP contribution < -0.4 is 10.1 Å². The molecule has 1 N–H and O–H groups in total. The summed E-state index contributed by atoms with van der Waals surface area (Å²) < 4.78 is 5.75. The molecule has 2 aromatic rings. The van der Waals surface area contributed by atoms with Crippen molar-refractivity contribution in [3.05, 3.63) is 53.6 Å². The largest absolute Gasteiger partial charge is 0.481 e. The van der Waals surface area contributed by atoms with Gasteiger partial charge in [0.1, 0.15) is 5.75 Å². The molecule has 3 nitrogen and oxygen atoms in total. The lowest BCUT2D eigenvalue weighted by Gasteiger charge is -2.18. The number of benzene rings is 2. The van der Waals surface area contributed by atoms with E-state index in [1.54, 1.807) is 36.0 Å². The Morgan fingerprint density at radius 2 is 1.91 bits per heavy atom. The van der Waals surface area contributed by atoms with Crippen LogP contribution in [-0.2, 0) is 4.79 Å². The average molecular weight is 336 g/mol. The molecule has 116 valence electrons. The molecule has 0 radical (unpaired) electrons. The SMILES string of the molecule is CC[C@H](Oc1ccc(Cl)cc1)C(=O)Nc1ccccc1SC. The van der Waals surface area contributed by atoms with Crippen LogP contribution in [0.3, 0.4) is 0 Å². The second-order valence-corrected chi connectivity index (χ2v) is 5.94. The number of amides is 1. The highest BCUT2D eigenvalue weighted by Crippen LogP contribution is 2.25. The molecule has 1 atom stereocenters. The van der Waals surface area contributed by atoms with Crippen molar-refractivity contribution < 1.29 is 9.53 Å². The molecule has 0 fully saturated rings. The van der Waals surface area contributed by atoms with Crippen LogP contribution in [-0.4, -0.2) is 18.3 Å². The van der Waals surface area contributed by atoms with Gasteiger partial charge in [-0.15, -0.1) is 11.8 Å². The van der Waals surface area contributed by atoms with Crippen LogP contribution in [0.2, 0.25) is 5.02 Å². The molecular formula is C17H18ClNO2S. The van der Waals surface area contributed by atoms with Crippen molar-refractivity contribution in [2.75, 3.05) is 11.6 Å². The van der Waals surface area contributed by atoms with Gasteiger partial charge in [-0.05, 0) is 49.1 Å². The van der Waals surface area contributed by atoms with Crippen molar-refractivity contribution >= 4 is 35.0 Å². The molecule has 5 heteroatoms. The van der Waals surface area contributed by atoms with E-state index < -0.39 is 6.10 Å². The monoisotopic (exact) mass is 335 g/mol. The van der Waals surface area contributed by atoms with Crippen LogP contribution in [0.4, 0.5) is 5.69 Å². The summed E-state index contributed by atoms with van der Waals surface area (Å²) in [5, 5.41) is 3.57. The van der Waals surface area contributed by atoms with Crippen molar-refractivity contribution in [2.24, 2.45) is 0 Å². The zero-order valence-electron chi connectivity index (χ0n) is 12.5. The minimum Gasteiger partial charge on any atom is -0.481 e. The Hall–Kier alpha value is -1.65. The Morgan fingerprint density at radius 3 is 2.55 bits per heavy atom. The standard InChI is InChI=1S/C17H18ClNO2S/c1-3-15(21-13-10-8-12(18)9-11-13)17(20)19-14-6-4-5-7-16(14)22-2/h4-11,15H,3H2,1-2H3,(H,19,20)/t15-/m0/s1. The second-order valence-electron chi connectivity index (χ2n) is 4.66. The molecule has 0 aliphatic heterocycles. The predicted octanol–water partition coefficient (Wildman–Crippen LogP) is 4.86. The van der Waals surface area contributed by atoms with E-state index >= 15 is 0 Å². The smallest absolute Gasteiger partial charge is 0.265 e. The summed E-state index contributed by atoms with van der Waals surface area (Å²) in [7, 11) is 0. The molecular weight excluding hydrogens is 318 g/mol. The summed E-state index contributed by atoms with van der Waals surface area (Å²) in [6, 6.07) is 14.7. The molecule has 2 rings (SSSR count). The molecule has 0 saturated carbocycles. The summed E-state index contributed by atoms with van der Waals surface area (Å²) in [6.45, 7) is 1.92. The zero-order chi connectivity index (χ0) is 15.9. The van der Waals surface area contributed by atoms with Gasteiger partial charge in [0.2, 0.25) is 0 Å². The lowest BCUT2D eigenvalue weighted by molar-refractivity contribution is -0.122. The summed E-state index contributed by atoms with van der Waals surface area (Å²) in [4.78, 5) is 13.4. The third kappa shape index (κ3) is 4.42. The lowest BCUT2D eigenvalue weighted by Crippen LogP contribution is -2.32. The fourth-order valence-electron chi connectivity index (χ4n) is 1.96. The highest BCUT2D eigenvalue weighted by molar-refractivity contribution is 7.98. The number of carbonyl (C=O) groups is 1. The van der Waals surface area contributed by atoms with Crippen LogP contribution in [0.25, 0.3) is 0 Å². The third-order valence-corrected chi connectivity index (χ3v) is 4.17. The minimum absolute atomic E-state index is 0.154. The summed E-state index contributed by atoms with van der Waals surface area (Å²) in [5.41, 5.74) is 0.804. The Morgan fingerprint density at radius 1 is 1.23 bits per heavy atom. The maximum atomic E-state index is 12.4. The van der Waals surface area contributed by atoms with Crippen LogP contribution in [0, 0.1) is 0 Å². The topological polar surface area (TPSA) is 38.3 Å². The summed E-state index contributed by atoms with van der Waals surface area (Å²) in [5.74, 6) is 0.475. The predicted molar refractivity (Wildman–Crippen MR) is 93.0 cm³/mol. The Bertz CT molecular complexity index is 631. The highest BCUT2D eigenvalue weighted by Gasteiger charge is 2.19. The van der Waals surface area contributed by atoms with Crippen LogP contribution in [0.15, 0.2) is 53.4 Å². The van der Waals surface area contributed by atoms with E-state index in [2.05, 4.69) is 5.32 Å². The van der Waals surface area contributed by atoms with Gasteiger partial charge >= 0.3 is 0 Å². The average Bonchev–Trinajstić information content (AvgIpc) is 2.54. The van der Waals surface area contributed by atoms with Gasteiger partial charge in [-0.2, -0.15) is 0 Å². The van der Waals surface area contributed by atoms with E-state index in [1.807, 2.05) is 37.4 Å². The minimum atomic E-state index is -0.545. The van der Waals surface area contributed by atoms with Gasteiger partial charge in [-0.1, -0.05) is 30.7 Å². The van der Waals surface area contributed by atoms with Gasteiger partial charge in [0.25, 0.3) is 5.91 Å². The molecule has 0 spiro atoms. The molecule has 1 amide bonds. The van der Waals surface area contributed by atoms with Crippen molar-refractivity contribution in [3.63, 3.8) is 0 Å². The molecule has 0 aliphatic rings. The zero-order valence-corrected chi connectivity index (χ0v) is 14.1. The van der Waals surface area contributed by atoms with Gasteiger partial charge in [0.05, 0.1) is 5.69 Å². The first-order valence-corrected chi connectivity index (χ1v) is 8.60. The lowest BCUT2D eigenvalue weighted by atomic mass is 10.2. The van der Waals surface area contributed by atoms with E-state index in [4.69, 9.17) is 16.3 Å². The molecule has 0 bridgehead atoms. The summed E-state index contributed by atoms with van der Waals surface area (Å²) >= 11 is 7.44. The van der Waals surface area contributed by atoms with Gasteiger partial charge in [-0.3, -0.25) is 4.79 Å². The van der Waals surface area contributed by atoms with Gasteiger partial charge in [0, 0.05) is 9.92 Å². The van der Waals surface area contributed by atoms with E-state index in [9.17, 15) is 4.79 Å². The molecule has 0 aliphatic carbocycles. The first-order chi connectivity index (χ1) is 10.6. The maximum absolute atomic E-state index is 12.4. The molecule has 22 heavy (non-hydrogen) atoms. The fraction of sp³-hybridized carbons (Fsp3) is 0.235. The molecule has 0 aromatic heterocycles. The molecule has 0 unspecified atom stereocenters. The number of hydrogen-bond acceptors (Lipinski definition) is 3. The Balaban J connectivity index is 2.07. The number of halogens is 1. The van der Waals surface area contributed by atoms with Crippen LogP contribution >= 0.6 is 23.4 Å². The summed E-state index contributed by atoms with van der Waals surface area (Å²) in [6.07, 6.45) is 2.01. The number of ether oxygens (including phenoxy) is 1. The number of rotatable bonds is 6. The molecule has 0 saturated heterocycles. The van der Waals surface area contributed by atoms with Crippen LogP contribution in [0.1, 0.15) is 13.3 Å². The van der Waals surface area contributed by atoms with Crippen molar-refractivity contribution in [1.82, 2.24) is 0 Å². The number of para-hydroxylation sites is 1. The van der Waals surface area contributed by atoms with E-state index in [1.165, 1.54) is 0 Å². The van der Waals surface area contributed by atoms with Gasteiger partial charge < -0.3 is 10.1 Å². The Labute approximate surface area is 140 Å². The second kappa shape index (κ2) is 8.11. The first-order valence-electron chi connectivity index (χ1n) is 7.00. The molecule has 0 heterocycles. The number of hydrogen-bond donors (Lipinski definition) is 1. The first kappa shape index (κ1) is 16.7. The van der Waals surface area contributed by atoms with E-state index in [-0.39, 0.29) is 5.91 Å². The third-order valence-electron chi connectivity index (χ3n) is 3.12. The van der Waals surface area contributed by atoms with E-state index in [0.29, 0.717) is 17.2 Å². The highest BCUT2D eigenvalue weighted by atomic mass is 35.5.